The number of carboxylic acid groups (broad SMARTS) is 1. The average Bonchev–Trinajstić information content (AvgIpc) is 2.43. The Morgan fingerprint density at radius 2 is 1.68 bits per heavy atom. The molecule has 0 radical (unpaired) electrons. The average molecular weight is 315 g/mol. The minimum atomic E-state index is -1.00. The first kappa shape index (κ1) is 20.9. The number of nitrogens with zero attached hydrogens (tertiary/aromatic N) is 1. The Labute approximate surface area is 134 Å². The first-order chi connectivity index (χ1) is 10.4. The van der Waals surface area contributed by atoms with Gasteiger partial charge in [-0.25, -0.2) is 0 Å². The highest BCUT2D eigenvalue weighted by atomic mass is 16.4. The van der Waals surface area contributed by atoms with Crippen LogP contribution < -0.4 is 11.5 Å². The molecule has 0 aliphatic rings. The van der Waals surface area contributed by atoms with Crippen molar-refractivity contribution in [2.45, 2.75) is 77.3 Å². The first-order valence-corrected chi connectivity index (χ1v) is 8.41. The van der Waals surface area contributed by atoms with Gasteiger partial charge in [-0.2, -0.15) is 0 Å². The van der Waals surface area contributed by atoms with Crippen LogP contribution in [0, 0.1) is 0 Å². The summed E-state index contributed by atoms with van der Waals surface area (Å²) in [4.78, 5) is 24.5. The molecule has 2 atom stereocenters. The Kier molecular flexibility index (Phi) is 11.8. The van der Waals surface area contributed by atoms with E-state index in [2.05, 4.69) is 13.8 Å². The van der Waals surface area contributed by atoms with Crippen LogP contribution in [0.1, 0.15) is 65.2 Å². The van der Waals surface area contributed by atoms with Gasteiger partial charge in [0.25, 0.3) is 0 Å². The largest absolute Gasteiger partial charge is 0.480 e. The zero-order valence-electron chi connectivity index (χ0n) is 14.1. The van der Waals surface area contributed by atoms with Crippen LogP contribution in [0.5, 0.6) is 0 Å². The van der Waals surface area contributed by atoms with Gasteiger partial charge in [-0.3, -0.25) is 9.59 Å². The number of carbonyl (C=O) groups is 2. The van der Waals surface area contributed by atoms with Gasteiger partial charge in [0.05, 0.1) is 0 Å². The summed E-state index contributed by atoms with van der Waals surface area (Å²) in [5.74, 6) is -1.19. The lowest BCUT2D eigenvalue weighted by atomic mass is 10.1. The molecule has 0 bridgehead atoms. The number of amides is 1. The number of rotatable bonds is 13. The molecule has 0 aliphatic heterocycles. The van der Waals surface area contributed by atoms with Crippen molar-refractivity contribution in [2.24, 2.45) is 11.5 Å². The molecule has 0 aromatic heterocycles. The van der Waals surface area contributed by atoms with Crippen molar-refractivity contribution in [3.8, 4) is 0 Å². The molecule has 0 heterocycles. The fourth-order valence-electron chi connectivity index (χ4n) is 2.40. The maximum absolute atomic E-state index is 12.2. The van der Waals surface area contributed by atoms with Crippen LogP contribution in [-0.2, 0) is 9.59 Å². The molecule has 0 unspecified atom stereocenters. The fraction of sp³-hybridized carbons (Fsp3) is 0.875. The molecule has 0 aromatic rings. The Morgan fingerprint density at radius 1 is 1.00 bits per heavy atom. The predicted octanol–water partition coefficient (Wildman–Crippen LogP) is 1.71. The summed E-state index contributed by atoms with van der Waals surface area (Å²) in [6.45, 7) is 4.27. The van der Waals surface area contributed by atoms with E-state index in [9.17, 15) is 9.59 Å². The zero-order chi connectivity index (χ0) is 17.0. The number of carbonyl (C=O) groups excluding carboxylic acids is 1. The second kappa shape index (κ2) is 12.4. The molecule has 22 heavy (non-hydrogen) atoms. The highest BCUT2D eigenvalue weighted by Gasteiger charge is 2.19. The van der Waals surface area contributed by atoms with Crippen molar-refractivity contribution in [3.63, 3.8) is 0 Å². The molecule has 0 fully saturated rings. The van der Waals surface area contributed by atoms with Crippen LogP contribution in [0.25, 0.3) is 0 Å². The van der Waals surface area contributed by atoms with E-state index in [4.69, 9.17) is 16.6 Å². The summed E-state index contributed by atoms with van der Waals surface area (Å²) in [5.41, 5.74) is 11.9. The molecule has 0 saturated heterocycles. The zero-order valence-corrected chi connectivity index (χ0v) is 14.1. The standard InChI is InChI=1S/C16H33N3O3/c1-3-5-6-8-14(18)11-15(20)19(12-16(21)22)10-9-13(17)7-4-2/h13-14H,3-12,17-18H2,1-2H3,(H,21,22)/t13-,14-/m0/s1. The van der Waals surface area contributed by atoms with Crippen LogP contribution in [0.2, 0.25) is 0 Å². The number of hydrogen-bond acceptors (Lipinski definition) is 4. The van der Waals surface area contributed by atoms with Crippen molar-refractivity contribution in [3.05, 3.63) is 0 Å². The summed E-state index contributed by atoms with van der Waals surface area (Å²) >= 11 is 0. The molecule has 6 heteroatoms. The maximum Gasteiger partial charge on any atom is 0.323 e. The highest BCUT2D eigenvalue weighted by molar-refractivity contribution is 5.81. The van der Waals surface area contributed by atoms with E-state index in [-0.39, 0.29) is 31.0 Å². The van der Waals surface area contributed by atoms with Crippen LogP contribution >= 0.6 is 0 Å². The molecule has 1 amide bonds. The van der Waals surface area contributed by atoms with Gasteiger partial charge in [-0.1, -0.05) is 39.5 Å². The van der Waals surface area contributed by atoms with E-state index in [0.717, 1.165) is 38.5 Å². The van der Waals surface area contributed by atoms with E-state index in [1.165, 1.54) is 4.90 Å². The molecular weight excluding hydrogens is 282 g/mol. The van der Waals surface area contributed by atoms with E-state index < -0.39 is 5.97 Å². The molecule has 0 saturated carbocycles. The molecule has 130 valence electrons. The molecule has 0 aromatic carbocycles. The quantitative estimate of drug-likeness (QED) is 0.448. The number of aliphatic carboxylic acids is 1. The van der Waals surface area contributed by atoms with E-state index in [0.29, 0.717) is 13.0 Å². The second-order valence-electron chi connectivity index (χ2n) is 6.01. The third-order valence-electron chi connectivity index (χ3n) is 3.72. The third kappa shape index (κ3) is 10.6. The molecule has 0 spiro atoms. The van der Waals surface area contributed by atoms with Gasteiger partial charge in [-0.05, 0) is 19.3 Å². The van der Waals surface area contributed by atoms with Crippen molar-refractivity contribution < 1.29 is 14.7 Å². The third-order valence-corrected chi connectivity index (χ3v) is 3.72. The topological polar surface area (TPSA) is 110 Å². The smallest absolute Gasteiger partial charge is 0.323 e. The Morgan fingerprint density at radius 3 is 2.23 bits per heavy atom. The van der Waals surface area contributed by atoms with Crippen LogP contribution in [0.3, 0.4) is 0 Å². The van der Waals surface area contributed by atoms with E-state index in [1.54, 1.807) is 0 Å². The molecular formula is C16H33N3O3. The summed E-state index contributed by atoms with van der Waals surface area (Å²) in [7, 11) is 0. The number of nitrogens with two attached hydrogens (primary N) is 2. The van der Waals surface area contributed by atoms with Crippen molar-refractivity contribution in [1.29, 1.82) is 0 Å². The Balaban J connectivity index is 4.34. The first-order valence-electron chi connectivity index (χ1n) is 8.41. The molecule has 0 aliphatic carbocycles. The van der Waals surface area contributed by atoms with Gasteiger partial charge in [0, 0.05) is 25.0 Å². The summed E-state index contributed by atoms with van der Waals surface area (Å²) in [5, 5.41) is 8.95. The van der Waals surface area contributed by atoms with Crippen molar-refractivity contribution in [2.75, 3.05) is 13.1 Å². The lowest BCUT2D eigenvalue weighted by Crippen LogP contribution is -2.41. The van der Waals surface area contributed by atoms with Gasteiger partial charge in [0.1, 0.15) is 6.54 Å². The Hall–Kier alpha value is -1.14. The molecule has 6 nitrogen and oxygen atoms in total. The van der Waals surface area contributed by atoms with Gasteiger partial charge >= 0.3 is 5.97 Å². The predicted molar refractivity (Wildman–Crippen MR) is 88.5 cm³/mol. The normalized spacial score (nSPS) is 13.6. The van der Waals surface area contributed by atoms with E-state index >= 15 is 0 Å². The van der Waals surface area contributed by atoms with Gasteiger partial charge < -0.3 is 21.5 Å². The van der Waals surface area contributed by atoms with Gasteiger partial charge in [-0.15, -0.1) is 0 Å². The number of carboxylic acids is 1. The minimum Gasteiger partial charge on any atom is -0.480 e. The Bertz CT molecular complexity index is 324. The summed E-state index contributed by atoms with van der Waals surface area (Å²) < 4.78 is 0. The lowest BCUT2D eigenvalue weighted by Gasteiger charge is -2.24. The fourth-order valence-corrected chi connectivity index (χ4v) is 2.40. The number of hydrogen-bond donors (Lipinski definition) is 3. The number of unbranched alkanes of at least 4 members (excludes halogenated alkanes) is 2. The SMILES string of the molecule is CCCCC[C@H](N)CC(=O)N(CC[C@@H](N)CCC)CC(=O)O. The van der Waals surface area contributed by atoms with Crippen molar-refractivity contribution in [1.82, 2.24) is 4.90 Å². The van der Waals surface area contributed by atoms with Gasteiger partial charge in [0.2, 0.25) is 5.91 Å². The highest BCUT2D eigenvalue weighted by Crippen LogP contribution is 2.08. The second-order valence-corrected chi connectivity index (χ2v) is 6.01. The van der Waals surface area contributed by atoms with E-state index in [1.807, 2.05) is 0 Å². The maximum atomic E-state index is 12.2. The summed E-state index contributed by atoms with van der Waals surface area (Å²) in [6, 6.07) is -0.188. The lowest BCUT2D eigenvalue weighted by molar-refractivity contribution is -0.144. The molecule has 0 rings (SSSR count). The summed E-state index contributed by atoms with van der Waals surface area (Å²) in [6.07, 6.45) is 6.72. The van der Waals surface area contributed by atoms with Crippen molar-refractivity contribution >= 4 is 11.9 Å². The van der Waals surface area contributed by atoms with Crippen LogP contribution in [0.4, 0.5) is 0 Å². The minimum absolute atomic E-state index is 0.00678. The molecule has 5 N–H and O–H groups in total. The monoisotopic (exact) mass is 315 g/mol. The van der Waals surface area contributed by atoms with Gasteiger partial charge in [0.15, 0.2) is 0 Å². The van der Waals surface area contributed by atoms with Crippen LogP contribution in [0.15, 0.2) is 0 Å². The van der Waals surface area contributed by atoms with Crippen LogP contribution in [-0.4, -0.2) is 47.1 Å².